The minimum absolute atomic E-state index is 0.0104. The third-order valence-electron chi connectivity index (χ3n) is 3.62. The molecular weight excluding hydrogens is 382 g/mol. The summed E-state index contributed by atoms with van der Waals surface area (Å²) in [5, 5.41) is 8.24. The van der Waals surface area contributed by atoms with Gasteiger partial charge in [-0.3, -0.25) is 0 Å². The fraction of sp³-hybridized carbons (Fsp3) is 0.278. The van der Waals surface area contributed by atoms with Crippen LogP contribution in [0, 0.1) is 0 Å². The molecule has 1 amide bonds. The molecule has 9 nitrogen and oxygen atoms in total. The SMILES string of the molecule is CC(C)(C)OC(=O)NS(=O)(=O)NCc1ccc(-n2nnc3ccccc32)cc1. The number of nitrogens with zero attached hydrogens (tertiary/aromatic N) is 3. The van der Waals surface area contributed by atoms with Crippen LogP contribution >= 0.6 is 0 Å². The topological polar surface area (TPSA) is 115 Å². The van der Waals surface area contributed by atoms with E-state index >= 15 is 0 Å². The number of fused-ring (bicyclic) bond motifs is 1. The van der Waals surface area contributed by atoms with Gasteiger partial charge in [0.05, 0.1) is 11.2 Å². The number of amides is 1. The van der Waals surface area contributed by atoms with E-state index in [0.717, 1.165) is 16.7 Å². The van der Waals surface area contributed by atoms with Crippen LogP contribution in [-0.2, 0) is 21.5 Å². The van der Waals surface area contributed by atoms with Crippen molar-refractivity contribution in [2.45, 2.75) is 32.9 Å². The van der Waals surface area contributed by atoms with Gasteiger partial charge >= 0.3 is 16.3 Å². The van der Waals surface area contributed by atoms with E-state index in [-0.39, 0.29) is 6.54 Å². The Morgan fingerprint density at radius 1 is 1.11 bits per heavy atom. The molecule has 1 heterocycles. The van der Waals surface area contributed by atoms with Crippen LogP contribution in [0.2, 0.25) is 0 Å². The lowest BCUT2D eigenvalue weighted by Crippen LogP contribution is -2.42. The average molecular weight is 403 g/mol. The van der Waals surface area contributed by atoms with E-state index in [1.54, 1.807) is 37.6 Å². The highest BCUT2D eigenvalue weighted by molar-refractivity contribution is 7.88. The highest BCUT2D eigenvalue weighted by Gasteiger charge is 2.21. The summed E-state index contributed by atoms with van der Waals surface area (Å²) >= 11 is 0. The van der Waals surface area contributed by atoms with Crippen LogP contribution in [0.15, 0.2) is 48.5 Å². The number of benzene rings is 2. The summed E-state index contributed by atoms with van der Waals surface area (Å²) in [6.45, 7) is 4.95. The molecule has 28 heavy (non-hydrogen) atoms. The fourth-order valence-electron chi connectivity index (χ4n) is 2.44. The first-order valence-electron chi connectivity index (χ1n) is 8.53. The second-order valence-electron chi connectivity index (χ2n) is 7.08. The van der Waals surface area contributed by atoms with Crippen molar-refractivity contribution in [3.63, 3.8) is 0 Å². The molecule has 0 bridgehead atoms. The van der Waals surface area contributed by atoms with Gasteiger partial charge in [0.15, 0.2) is 0 Å². The Morgan fingerprint density at radius 2 is 1.79 bits per heavy atom. The molecule has 3 rings (SSSR count). The lowest BCUT2D eigenvalue weighted by molar-refractivity contribution is 0.0569. The Balaban J connectivity index is 1.64. The number of aromatic nitrogens is 3. The number of hydrogen-bond donors (Lipinski definition) is 2. The summed E-state index contributed by atoms with van der Waals surface area (Å²) in [6.07, 6.45) is -1.03. The van der Waals surface area contributed by atoms with Crippen molar-refractivity contribution < 1.29 is 17.9 Å². The molecule has 0 atom stereocenters. The summed E-state index contributed by atoms with van der Waals surface area (Å²) < 4.78 is 34.7. The quantitative estimate of drug-likeness (QED) is 0.675. The first kappa shape index (κ1) is 19.8. The first-order chi connectivity index (χ1) is 13.1. The van der Waals surface area contributed by atoms with Crippen molar-refractivity contribution in [1.29, 1.82) is 0 Å². The van der Waals surface area contributed by atoms with Crippen molar-refractivity contribution in [2.24, 2.45) is 0 Å². The van der Waals surface area contributed by atoms with Crippen molar-refractivity contribution >= 4 is 27.3 Å². The number of nitrogens with one attached hydrogen (secondary N) is 2. The van der Waals surface area contributed by atoms with E-state index in [9.17, 15) is 13.2 Å². The summed E-state index contributed by atoms with van der Waals surface area (Å²) in [5.74, 6) is 0. The summed E-state index contributed by atoms with van der Waals surface area (Å²) in [6, 6.07) is 14.7. The molecule has 0 saturated carbocycles. The number of hydrogen-bond acceptors (Lipinski definition) is 6. The highest BCUT2D eigenvalue weighted by Crippen LogP contribution is 2.16. The zero-order valence-electron chi connectivity index (χ0n) is 15.7. The van der Waals surface area contributed by atoms with Crippen molar-refractivity contribution in [2.75, 3.05) is 0 Å². The standard InChI is InChI=1S/C18H21N5O4S/c1-18(2,3)27-17(24)21-28(25,26)19-12-13-8-10-14(11-9-13)23-16-7-5-4-6-15(16)20-22-23/h4-11,19H,12H2,1-3H3,(H,21,24). The van der Waals surface area contributed by atoms with Gasteiger partial charge in [-0.15, -0.1) is 5.10 Å². The monoisotopic (exact) mass is 403 g/mol. The molecule has 0 unspecified atom stereocenters. The number of carbonyl (C=O) groups excluding carboxylic acids is 1. The summed E-state index contributed by atoms with van der Waals surface area (Å²) in [5.41, 5.74) is 2.38. The van der Waals surface area contributed by atoms with Gasteiger partial charge in [-0.05, 0) is 50.6 Å². The van der Waals surface area contributed by atoms with E-state index in [2.05, 4.69) is 15.0 Å². The largest absolute Gasteiger partial charge is 0.443 e. The number of para-hydroxylation sites is 1. The van der Waals surface area contributed by atoms with Crippen molar-refractivity contribution in [3.8, 4) is 5.69 Å². The molecule has 0 aliphatic rings. The number of ether oxygens (including phenoxy) is 1. The maximum absolute atomic E-state index is 12.0. The van der Waals surface area contributed by atoms with Crippen molar-refractivity contribution in [1.82, 2.24) is 24.4 Å². The average Bonchev–Trinajstić information content (AvgIpc) is 3.02. The number of carbonyl (C=O) groups is 1. The van der Waals surface area contributed by atoms with Gasteiger partial charge in [0, 0.05) is 6.54 Å². The smallest absolute Gasteiger partial charge is 0.422 e. The van der Waals surface area contributed by atoms with Gasteiger partial charge in [0.1, 0.15) is 11.1 Å². The summed E-state index contributed by atoms with van der Waals surface area (Å²) in [4.78, 5) is 11.6. The highest BCUT2D eigenvalue weighted by atomic mass is 32.2. The molecule has 0 radical (unpaired) electrons. The van der Waals surface area contributed by atoms with Gasteiger partial charge < -0.3 is 4.74 Å². The maximum atomic E-state index is 12.0. The molecule has 0 fully saturated rings. The Morgan fingerprint density at radius 3 is 2.46 bits per heavy atom. The minimum atomic E-state index is -4.04. The lowest BCUT2D eigenvalue weighted by atomic mass is 10.2. The molecule has 0 aliphatic carbocycles. The summed E-state index contributed by atoms with van der Waals surface area (Å²) in [7, 11) is -4.04. The molecule has 148 valence electrons. The van der Waals surface area contributed by atoms with Gasteiger partial charge in [-0.25, -0.2) is 14.2 Å². The third kappa shape index (κ3) is 5.05. The first-order valence-corrected chi connectivity index (χ1v) is 10.0. The Bertz CT molecular complexity index is 1090. The normalized spacial score (nSPS) is 12.1. The molecule has 0 aliphatic heterocycles. The molecule has 10 heteroatoms. The molecule has 1 aromatic heterocycles. The fourth-order valence-corrected chi connectivity index (χ4v) is 3.13. The van der Waals surface area contributed by atoms with E-state index in [1.165, 1.54) is 0 Å². The van der Waals surface area contributed by atoms with E-state index in [4.69, 9.17) is 4.74 Å². The Hall–Kier alpha value is -2.98. The van der Waals surface area contributed by atoms with Crippen LogP contribution in [0.1, 0.15) is 26.3 Å². The van der Waals surface area contributed by atoms with E-state index in [0.29, 0.717) is 5.56 Å². The minimum Gasteiger partial charge on any atom is -0.443 e. The van der Waals surface area contributed by atoms with Crippen molar-refractivity contribution in [3.05, 3.63) is 54.1 Å². The molecule has 2 N–H and O–H groups in total. The van der Waals surface area contributed by atoms with Gasteiger partial charge in [-0.2, -0.15) is 13.1 Å². The van der Waals surface area contributed by atoms with Crippen LogP contribution in [0.25, 0.3) is 16.7 Å². The Kier molecular flexibility index (Phi) is 5.34. The predicted molar refractivity (Wildman–Crippen MR) is 104 cm³/mol. The van der Waals surface area contributed by atoms with Crippen LogP contribution in [0.5, 0.6) is 0 Å². The zero-order valence-corrected chi connectivity index (χ0v) is 16.5. The van der Waals surface area contributed by atoms with E-state index < -0.39 is 21.9 Å². The van der Waals surface area contributed by atoms with E-state index in [1.807, 2.05) is 41.1 Å². The maximum Gasteiger partial charge on any atom is 0.422 e. The molecule has 0 spiro atoms. The molecule has 0 saturated heterocycles. The second kappa shape index (κ2) is 7.56. The number of rotatable bonds is 5. The van der Waals surface area contributed by atoms with Crippen LogP contribution in [0.4, 0.5) is 4.79 Å². The Labute approximate surface area is 162 Å². The van der Waals surface area contributed by atoms with Crippen LogP contribution in [-0.4, -0.2) is 35.1 Å². The van der Waals surface area contributed by atoms with Crippen LogP contribution < -0.4 is 9.44 Å². The van der Waals surface area contributed by atoms with Crippen LogP contribution in [0.3, 0.4) is 0 Å². The van der Waals surface area contributed by atoms with Gasteiger partial charge in [0.2, 0.25) is 0 Å². The molecule has 2 aromatic carbocycles. The zero-order chi connectivity index (χ0) is 20.4. The molecule has 3 aromatic rings. The second-order valence-corrected chi connectivity index (χ2v) is 8.58. The third-order valence-corrected chi connectivity index (χ3v) is 4.58. The van der Waals surface area contributed by atoms with Gasteiger partial charge in [0.25, 0.3) is 0 Å². The van der Waals surface area contributed by atoms with Gasteiger partial charge in [-0.1, -0.05) is 29.5 Å². The molecular formula is C18H21N5O4S. The lowest BCUT2D eigenvalue weighted by Gasteiger charge is -2.19. The predicted octanol–water partition coefficient (Wildman–Crippen LogP) is 2.28.